The van der Waals surface area contributed by atoms with Gasteiger partial charge in [0, 0.05) is 44.1 Å². The van der Waals surface area contributed by atoms with Gasteiger partial charge in [-0.15, -0.1) is 0 Å². The van der Waals surface area contributed by atoms with Crippen molar-refractivity contribution in [1.29, 1.82) is 0 Å². The first-order valence-electron chi connectivity index (χ1n) is 10.1. The number of likely N-dealkylation sites (tertiary alicyclic amines) is 1. The number of amides is 1. The summed E-state index contributed by atoms with van der Waals surface area (Å²) in [5.74, 6) is 0.00755. The molecule has 1 fully saturated rings. The first-order chi connectivity index (χ1) is 13.5. The lowest BCUT2D eigenvalue weighted by Crippen LogP contribution is -2.38. The first kappa shape index (κ1) is 18.7. The van der Waals surface area contributed by atoms with Crippen LogP contribution in [0.15, 0.2) is 36.4 Å². The predicted molar refractivity (Wildman–Crippen MR) is 111 cm³/mol. The molecule has 1 aliphatic heterocycles. The summed E-state index contributed by atoms with van der Waals surface area (Å²) in [6, 6.07) is 12.4. The van der Waals surface area contributed by atoms with E-state index in [9.17, 15) is 4.79 Å². The van der Waals surface area contributed by atoms with Gasteiger partial charge in [-0.3, -0.25) is 9.48 Å². The number of aromatic nitrogens is 3. The highest BCUT2D eigenvalue weighted by atomic mass is 16.2. The Labute approximate surface area is 166 Å². The number of carbonyl (C=O) groups is 1. The van der Waals surface area contributed by atoms with Gasteiger partial charge in [-0.1, -0.05) is 18.2 Å². The van der Waals surface area contributed by atoms with Crippen molar-refractivity contribution in [1.82, 2.24) is 24.1 Å². The standard InChI is InChI=1S/C22H29N5O/c1-17-14-20(23-25(17)3)22(28)27(13-12-26-10-6-7-11-26)16-19-15-18-8-4-5-9-21(18)24(19)2/h4-5,8-9,14-15H,6-7,10-13,16H2,1-3H3. The number of para-hydroxylation sites is 1. The fourth-order valence-electron chi connectivity index (χ4n) is 4.04. The third-order valence-corrected chi connectivity index (χ3v) is 5.91. The minimum Gasteiger partial charge on any atom is -0.346 e. The summed E-state index contributed by atoms with van der Waals surface area (Å²) in [5, 5.41) is 5.63. The minimum atomic E-state index is 0.00755. The van der Waals surface area contributed by atoms with Crippen LogP contribution in [0.4, 0.5) is 0 Å². The summed E-state index contributed by atoms with van der Waals surface area (Å²) in [4.78, 5) is 17.7. The number of rotatable bonds is 6. The Balaban J connectivity index is 1.59. The maximum Gasteiger partial charge on any atom is 0.274 e. The highest BCUT2D eigenvalue weighted by molar-refractivity contribution is 5.92. The van der Waals surface area contributed by atoms with Gasteiger partial charge in [-0.2, -0.15) is 5.10 Å². The van der Waals surface area contributed by atoms with Crippen molar-refractivity contribution in [3.63, 3.8) is 0 Å². The van der Waals surface area contributed by atoms with Crippen LogP contribution >= 0.6 is 0 Å². The molecule has 3 heterocycles. The molecular weight excluding hydrogens is 350 g/mol. The van der Waals surface area contributed by atoms with Crippen molar-refractivity contribution < 1.29 is 4.79 Å². The quantitative estimate of drug-likeness (QED) is 0.662. The largest absolute Gasteiger partial charge is 0.346 e. The highest BCUT2D eigenvalue weighted by Crippen LogP contribution is 2.20. The summed E-state index contributed by atoms with van der Waals surface area (Å²) >= 11 is 0. The van der Waals surface area contributed by atoms with Gasteiger partial charge in [0.05, 0.1) is 6.54 Å². The Bertz CT molecular complexity index is 961. The maximum absolute atomic E-state index is 13.3. The Morgan fingerprint density at radius 3 is 2.57 bits per heavy atom. The molecule has 0 spiro atoms. The Morgan fingerprint density at radius 1 is 1.14 bits per heavy atom. The third kappa shape index (κ3) is 3.69. The van der Waals surface area contributed by atoms with E-state index in [0.29, 0.717) is 12.2 Å². The van der Waals surface area contributed by atoms with E-state index in [1.165, 1.54) is 23.7 Å². The average Bonchev–Trinajstić information content (AvgIpc) is 3.40. The van der Waals surface area contributed by atoms with Gasteiger partial charge in [0.1, 0.15) is 0 Å². The molecule has 0 unspecified atom stereocenters. The molecule has 0 bridgehead atoms. The molecule has 6 heteroatoms. The lowest BCUT2D eigenvalue weighted by atomic mass is 10.2. The van der Waals surface area contributed by atoms with Crippen LogP contribution in [0.1, 0.15) is 34.7 Å². The second-order valence-electron chi connectivity index (χ2n) is 7.82. The number of fused-ring (bicyclic) bond motifs is 1. The molecule has 1 aromatic carbocycles. The predicted octanol–water partition coefficient (Wildman–Crippen LogP) is 2.96. The van der Waals surface area contributed by atoms with Crippen LogP contribution in [0.25, 0.3) is 10.9 Å². The van der Waals surface area contributed by atoms with Crippen molar-refractivity contribution in [3.05, 3.63) is 53.5 Å². The van der Waals surface area contributed by atoms with E-state index < -0.39 is 0 Å². The van der Waals surface area contributed by atoms with Gasteiger partial charge in [-0.05, 0) is 56.4 Å². The molecule has 1 saturated heterocycles. The zero-order valence-corrected chi connectivity index (χ0v) is 17.1. The van der Waals surface area contributed by atoms with Crippen LogP contribution in [0.2, 0.25) is 0 Å². The smallest absolute Gasteiger partial charge is 0.274 e. The van der Waals surface area contributed by atoms with Gasteiger partial charge in [-0.25, -0.2) is 0 Å². The van der Waals surface area contributed by atoms with Gasteiger partial charge in [0.15, 0.2) is 5.69 Å². The number of benzene rings is 1. The Morgan fingerprint density at radius 2 is 1.89 bits per heavy atom. The summed E-state index contributed by atoms with van der Waals surface area (Å²) in [7, 11) is 3.95. The highest BCUT2D eigenvalue weighted by Gasteiger charge is 2.22. The third-order valence-electron chi connectivity index (χ3n) is 5.91. The van der Waals surface area contributed by atoms with E-state index in [1.807, 2.05) is 24.9 Å². The molecule has 1 amide bonds. The zero-order valence-electron chi connectivity index (χ0n) is 17.1. The second-order valence-corrected chi connectivity index (χ2v) is 7.82. The number of carbonyl (C=O) groups excluding carboxylic acids is 1. The Hall–Kier alpha value is -2.60. The molecule has 4 rings (SSSR count). The molecule has 0 radical (unpaired) electrons. The van der Waals surface area contributed by atoms with Crippen LogP contribution in [0, 0.1) is 6.92 Å². The first-order valence-corrected chi connectivity index (χ1v) is 10.1. The number of hydrogen-bond donors (Lipinski definition) is 0. The van der Waals surface area contributed by atoms with Crippen molar-refractivity contribution in [2.24, 2.45) is 14.1 Å². The fourth-order valence-corrected chi connectivity index (χ4v) is 4.04. The van der Waals surface area contributed by atoms with Crippen molar-refractivity contribution in [3.8, 4) is 0 Å². The van der Waals surface area contributed by atoms with Crippen LogP contribution in [0.3, 0.4) is 0 Å². The van der Waals surface area contributed by atoms with Gasteiger partial charge in [0.25, 0.3) is 5.91 Å². The monoisotopic (exact) mass is 379 g/mol. The zero-order chi connectivity index (χ0) is 19.7. The molecule has 0 aliphatic carbocycles. The molecule has 28 heavy (non-hydrogen) atoms. The molecule has 1 aliphatic rings. The molecular formula is C22H29N5O. The van der Waals surface area contributed by atoms with Crippen molar-refractivity contribution >= 4 is 16.8 Å². The van der Waals surface area contributed by atoms with E-state index in [2.05, 4.69) is 51.9 Å². The topological polar surface area (TPSA) is 46.3 Å². The van der Waals surface area contributed by atoms with Gasteiger partial charge >= 0.3 is 0 Å². The lowest BCUT2D eigenvalue weighted by molar-refractivity contribution is 0.0717. The fraction of sp³-hybridized carbons (Fsp3) is 0.455. The molecule has 6 nitrogen and oxygen atoms in total. The number of aryl methyl sites for hydroxylation is 3. The molecule has 2 aromatic heterocycles. The SMILES string of the molecule is Cc1cc(C(=O)N(CCN2CCCC2)Cc2cc3ccccc3n2C)nn1C. The number of nitrogens with zero attached hydrogens (tertiary/aromatic N) is 5. The van der Waals surface area contributed by atoms with Crippen LogP contribution < -0.4 is 0 Å². The van der Waals surface area contributed by atoms with E-state index in [1.54, 1.807) is 4.68 Å². The average molecular weight is 380 g/mol. The maximum atomic E-state index is 13.3. The van der Waals surface area contributed by atoms with Crippen LogP contribution in [-0.4, -0.2) is 56.2 Å². The molecule has 3 aromatic rings. The van der Waals surface area contributed by atoms with E-state index in [0.717, 1.165) is 37.6 Å². The normalized spacial score (nSPS) is 14.8. The summed E-state index contributed by atoms with van der Waals surface area (Å²) in [5.41, 5.74) is 3.86. The van der Waals surface area contributed by atoms with Crippen LogP contribution in [0.5, 0.6) is 0 Å². The summed E-state index contributed by atoms with van der Waals surface area (Å²) in [6.45, 7) is 6.48. The van der Waals surface area contributed by atoms with Crippen molar-refractivity contribution in [2.75, 3.05) is 26.2 Å². The summed E-state index contributed by atoms with van der Waals surface area (Å²) in [6.07, 6.45) is 2.52. The lowest BCUT2D eigenvalue weighted by Gasteiger charge is -2.25. The van der Waals surface area contributed by atoms with Crippen molar-refractivity contribution in [2.45, 2.75) is 26.3 Å². The summed E-state index contributed by atoms with van der Waals surface area (Å²) < 4.78 is 3.96. The van der Waals surface area contributed by atoms with Crippen LogP contribution in [-0.2, 0) is 20.6 Å². The molecule has 148 valence electrons. The second kappa shape index (κ2) is 7.80. The molecule has 0 atom stereocenters. The van der Waals surface area contributed by atoms with E-state index >= 15 is 0 Å². The molecule has 0 N–H and O–H groups in total. The number of hydrogen-bond acceptors (Lipinski definition) is 3. The van der Waals surface area contributed by atoms with Gasteiger partial charge < -0.3 is 14.4 Å². The molecule has 0 saturated carbocycles. The van der Waals surface area contributed by atoms with E-state index in [4.69, 9.17) is 0 Å². The minimum absolute atomic E-state index is 0.00755. The Kier molecular flexibility index (Phi) is 5.22. The van der Waals surface area contributed by atoms with E-state index in [-0.39, 0.29) is 5.91 Å². The van der Waals surface area contributed by atoms with Gasteiger partial charge in [0.2, 0.25) is 0 Å².